The van der Waals surface area contributed by atoms with Gasteiger partial charge >= 0.3 is 17.0 Å². The zero-order chi connectivity index (χ0) is 30.6. The Morgan fingerprint density at radius 2 is 1.06 bits per heavy atom. The molecule has 1 unspecified atom stereocenters. The zero-order valence-electron chi connectivity index (χ0n) is 25.1. The van der Waals surface area contributed by atoms with E-state index < -0.39 is 5.66 Å². The fourth-order valence-corrected chi connectivity index (χ4v) is 9.83. The third-order valence-corrected chi connectivity index (χ3v) is 11.4. The number of benzene rings is 6. The van der Waals surface area contributed by atoms with Crippen LogP contribution in [0.5, 0.6) is 11.5 Å². The lowest BCUT2D eigenvalue weighted by atomic mass is 9.85. The zero-order valence-corrected chi connectivity index (χ0v) is 25.1. The van der Waals surface area contributed by atoms with Crippen LogP contribution in [0.15, 0.2) is 121 Å². The third kappa shape index (κ3) is 2.07. The first kappa shape index (κ1) is 22.8. The number of hydrogen-bond acceptors (Lipinski definition) is 3. The number of pyridine rings is 2. The number of imidazole rings is 2. The van der Waals surface area contributed by atoms with Gasteiger partial charge in [0.1, 0.15) is 33.7 Å². The molecule has 0 aliphatic carbocycles. The molecule has 0 radical (unpaired) electrons. The normalized spacial score (nSPS) is 17.0. The standard InChI is InChI=1S/C41H20N6O/c1-4-12-26-21(9-1)22-17-19-31-35-33(22)39-44(26)27-13-5-7-15-29(27)46(39)41(35)36-32(48-31)20-18-23-34(36)40-45(28-14-6-8-16-30(28)47(40)41)38-37(23)42-24-10-2-3-11-25(24)43-38/h1-20H/q+2. The lowest BCUT2D eigenvalue weighted by Crippen LogP contribution is -2.71. The summed E-state index contributed by atoms with van der Waals surface area (Å²) in [6, 6.07) is 43.4. The molecular formula is C41H20N6O+2. The van der Waals surface area contributed by atoms with Gasteiger partial charge in [0.25, 0.3) is 5.65 Å². The molecule has 0 saturated heterocycles. The van der Waals surface area contributed by atoms with Crippen LogP contribution in [-0.4, -0.2) is 18.8 Å². The van der Waals surface area contributed by atoms with Gasteiger partial charge in [-0.2, -0.15) is 17.9 Å². The van der Waals surface area contributed by atoms with E-state index in [0.717, 1.165) is 61.1 Å². The van der Waals surface area contributed by atoms with Crippen molar-refractivity contribution in [1.29, 1.82) is 0 Å². The lowest BCUT2D eigenvalue weighted by molar-refractivity contribution is -0.923. The monoisotopic (exact) mass is 612 g/mol. The predicted molar refractivity (Wildman–Crippen MR) is 185 cm³/mol. The molecule has 0 saturated carbocycles. The van der Waals surface area contributed by atoms with E-state index in [1.807, 2.05) is 12.1 Å². The second-order valence-corrected chi connectivity index (χ2v) is 13.4. The summed E-state index contributed by atoms with van der Waals surface area (Å²) in [6.45, 7) is 0. The number of hydrogen-bond donors (Lipinski definition) is 0. The van der Waals surface area contributed by atoms with E-state index in [2.05, 4.69) is 127 Å². The summed E-state index contributed by atoms with van der Waals surface area (Å²) in [5.74, 6) is 1.78. The molecule has 14 rings (SSSR count). The first-order valence-corrected chi connectivity index (χ1v) is 16.4. The molecule has 8 heterocycles. The molecule has 218 valence electrons. The van der Waals surface area contributed by atoms with E-state index in [1.54, 1.807) is 0 Å². The molecule has 0 amide bonds. The van der Waals surface area contributed by atoms with Crippen LogP contribution in [0.3, 0.4) is 0 Å². The fraction of sp³-hybridized carbons (Fsp3) is 0.0244. The van der Waals surface area contributed by atoms with Crippen LogP contribution in [0.2, 0.25) is 0 Å². The molecule has 1 spiro atoms. The number of rotatable bonds is 0. The Morgan fingerprint density at radius 3 is 1.81 bits per heavy atom. The van der Waals surface area contributed by atoms with E-state index in [-0.39, 0.29) is 0 Å². The van der Waals surface area contributed by atoms with Gasteiger partial charge in [-0.15, -0.1) is 0 Å². The van der Waals surface area contributed by atoms with Crippen molar-refractivity contribution >= 4 is 88.0 Å². The highest BCUT2D eigenvalue weighted by Gasteiger charge is 2.67. The number of aromatic nitrogens is 6. The van der Waals surface area contributed by atoms with E-state index in [9.17, 15) is 0 Å². The maximum absolute atomic E-state index is 6.98. The fourth-order valence-electron chi connectivity index (χ4n) is 9.83. The van der Waals surface area contributed by atoms with Crippen LogP contribution >= 0.6 is 0 Å². The average molecular weight is 613 g/mol. The Hall–Kier alpha value is -6.60. The van der Waals surface area contributed by atoms with Crippen molar-refractivity contribution in [2.45, 2.75) is 5.66 Å². The molecule has 0 bridgehead atoms. The minimum atomic E-state index is -0.747. The molecule has 0 N–H and O–H groups in total. The molecule has 48 heavy (non-hydrogen) atoms. The van der Waals surface area contributed by atoms with Crippen molar-refractivity contribution in [2.75, 3.05) is 0 Å². The van der Waals surface area contributed by atoms with Gasteiger partial charge in [-0.3, -0.25) is 0 Å². The third-order valence-electron chi connectivity index (χ3n) is 11.4. The maximum Gasteiger partial charge on any atom is 0.316 e. The summed E-state index contributed by atoms with van der Waals surface area (Å²) in [5, 5.41) is 5.95. The minimum Gasteiger partial charge on any atom is -0.456 e. The second-order valence-electron chi connectivity index (χ2n) is 13.4. The molecule has 0 fully saturated rings. The molecule has 1 atom stereocenters. The topological polar surface area (TPSA) is 51.6 Å². The highest BCUT2D eigenvalue weighted by molar-refractivity contribution is 6.19. The quantitative estimate of drug-likeness (QED) is 0.100. The van der Waals surface area contributed by atoms with Crippen LogP contribution in [0.25, 0.3) is 88.0 Å². The van der Waals surface area contributed by atoms with Gasteiger partial charge in [-0.1, -0.05) is 54.6 Å². The van der Waals surface area contributed by atoms with Gasteiger partial charge in [-0.25, -0.2) is 9.97 Å². The predicted octanol–water partition coefficient (Wildman–Crippen LogP) is 7.66. The first-order valence-electron chi connectivity index (χ1n) is 16.4. The van der Waals surface area contributed by atoms with Crippen molar-refractivity contribution < 1.29 is 13.9 Å². The molecule has 3 aliphatic rings. The Labute approximate surface area is 269 Å². The van der Waals surface area contributed by atoms with Gasteiger partial charge in [0.15, 0.2) is 22.1 Å². The van der Waals surface area contributed by atoms with Crippen LogP contribution in [0.4, 0.5) is 0 Å². The SMILES string of the molecule is c1ccc2nc3c(nc2c1)c1ccc2c4c1c1n3c3ccccc3[n+]1C41c3c(ccc4c5ccccc5n5c6ccccc6[n+]1c5c34)O2. The van der Waals surface area contributed by atoms with Crippen LogP contribution in [0, 0.1) is 0 Å². The van der Waals surface area contributed by atoms with Crippen LogP contribution in [-0.2, 0) is 5.66 Å². The Balaban J connectivity index is 1.36. The van der Waals surface area contributed by atoms with E-state index in [0.29, 0.717) is 0 Å². The van der Waals surface area contributed by atoms with E-state index in [4.69, 9.17) is 14.7 Å². The van der Waals surface area contributed by atoms with Gasteiger partial charge in [-0.05, 0) is 66.7 Å². The molecule has 11 aromatic rings. The van der Waals surface area contributed by atoms with Crippen molar-refractivity contribution in [3.63, 3.8) is 0 Å². The van der Waals surface area contributed by atoms with Crippen LogP contribution < -0.4 is 13.9 Å². The van der Waals surface area contributed by atoms with Gasteiger partial charge < -0.3 is 4.74 Å². The summed E-state index contributed by atoms with van der Waals surface area (Å²) in [4.78, 5) is 10.6. The van der Waals surface area contributed by atoms with Crippen molar-refractivity contribution in [1.82, 2.24) is 18.8 Å². The number of ether oxygens (including phenoxy) is 1. The molecular weight excluding hydrogens is 592 g/mol. The highest BCUT2D eigenvalue weighted by Crippen LogP contribution is 2.58. The molecule has 7 heteroatoms. The van der Waals surface area contributed by atoms with Crippen LogP contribution in [0.1, 0.15) is 11.1 Å². The number of nitrogens with zero attached hydrogens (tertiary/aromatic N) is 6. The Bertz CT molecular complexity index is 3450. The molecule has 6 aromatic carbocycles. The maximum atomic E-state index is 6.98. The van der Waals surface area contributed by atoms with Gasteiger partial charge in [0.05, 0.1) is 21.8 Å². The molecule has 7 nitrogen and oxygen atoms in total. The van der Waals surface area contributed by atoms with Gasteiger partial charge in [0, 0.05) is 16.2 Å². The lowest BCUT2D eigenvalue weighted by Gasteiger charge is -2.30. The summed E-state index contributed by atoms with van der Waals surface area (Å²) in [7, 11) is 0. The summed E-state index contributed by atoms with van der Waals surface area (Å²) in [6.07, 6.45) is 0. The number of para-hydroxylation sites is 7. The highest BCUT2D eigenvalue weighted by atomic mass is 16.5. The van der Waals surface area contributed by atoms with Crippen molar-refractivity contribution in [3.05, 3.63) is 132 Å². The molecule has 3 aliphatic heterocycles. The minimum absolute atomic E-state index is 0.747. The van der Waals surface area contributed by atoms with Crippen molar-refractivity contribution in [2.24, 2.45) is 0 Å². The molecule has 5 aromatic heterocycles. The van der Waals surface area contributed by atoms with Crippen molar-refractivity contribution in [3.8, 4) is 11.5 Å². The summed E-state index contributed by atoms with van der Waals surface area (Å²) in [5.41, 5.74) is 13.2. The van der Waals surface area contributed by atoms with Gasteiger partial charge in [0.2, 0.25) is 0 Å². The summed E-state index contributed by atoms with van der Waals surface area (Å²) >= 11 is 0. The Kier molecular flexibility index (Phi) is 3.35. The first-order chi connectivity index (χ1) is 23.8. The second kappa shape index (κ2) is 7.04. The average Bonchev–Trinajstić information content (AvgIpc) is 3.85. The summed E-state index contributed by atoms with van der Waals surface area (Å²) < 4.78 is 17.0. The smallest absolute Gasteiger partial charge is 0.316 e. The van der Waals surface area contributed by atoms with E-state index in [1.165, 1.54) is 49.5 Å². The van der Waals surface area contributed by atoms with E-state index >= 15 is 0 Å². The Morgan fingerprint density at radius 1 is 0.500 bits per heavy atom. The number of fused-ring (bicyclic) bond motifs is 13. The largest absolute Gasteiger partial charge is 0.456 e.